The van der Waals surface area contributed by atoms with Crippen molar-refractivity contribution in [2.24, 2.45) is 4.99 Å². The highest BCUT2D eigenvalue weighted by Crippen LogP contribution is 2.25. The van der Waals surface area contributed by atoms with Crippen molar-refractivity contribution in [2.45, 2.75) is 32.5 Å². The molecule has 0 spiro atoms. The van der Waals surface area contributed by atoms with Gasteiger partial charge in [-0.1, -0.05) is 12.1 Å². The molecule has 0 bridgehead atoms. The van der Waals surface area contributed by atoms with Gasteiger partial charge in [-0.05, 0) is 38.0 Å². The first kappa shape index (κ1) is 25.1. The van der Waals surface area contributed by atoms with Gasteiger partial charge < -0.3 is 24.4 Å². The van der Waals surface area contributed by atoms with Gasteiger partial charge in [-0.3, -0.25) is 4.99 Å². The second kappa shape index (κ2) is 14.1. The summed E-state index contributed by atoms with van der Waals surface area (Å²) in [4.78, 5) is 6.96. The van der Waals surface area contributed by atoms with Crippen LogP contribution in [0.25, 0.3) is 0 Å². The number of ether oxygens (including phenoxy) is 3. The fourth-order valence-electron chi connectivity index (χ4n) is 3.01. The highest BCUT2D eigenvalue weighted by Gasteiger charge is 2.28. The van der Waals surface area contributed by atoms with E-state index < -0.39 is 0 Å². The Hall–Kier alpha value is -0.970. The van der Waals surface area contributed by atoms with E-state index in [-0.39, 0.29) is 42.0 Å². The Morgan fingerprint density at radius 3 is 2.68 bits per heavy atom. The summed E-state index contributed by atoms with van der Waals surface area (Å²) in [6, 6.07) is 6.53. The lowest BCUT2D eigenvalue weighted by Gasteiger charge is -2.38. The zero-order valence-corrected chi connectivity index (χ0v) is 19.4. The van der Waals surface area contributed by atoms with Crippen LogP contribution in [0.5, 0.6) is 0 Å². The van der Waals surface area contributed by atoms with Crippen molar-refractivity contribution in [3.05, 3.63) is 35.6 Å². The molecule has 0 aliphatic carbocycles. The predicted octanol–water partition coefficient (Wildman–Crippen LogP) is 3.22. The number of nitrogens with one attached hydrogen (secondary N) is 1. The molecule has 1 N–H and O–H groups in total. The Bertz CT molecular complexity index is 574. The summed E-state index contributed by atoms with van der Waals surface area (Å²) in [6.45, 7) is 8.96. The highest BCUT2D eigenvalue weighted by molar-refractivity contribution is 14.0. The molecule has 0 amide bonds. The maximum atomic E-state index is 13.2. The van der Waals surface area contributed by atoms with Gasteiger partial charge in [0.1, 0.15) is 11.9 Å². The van der Waals surface area contributed by atoms with Crippen LogP contribution in [0, 0.1) is 5.82 Å². The molecule has 6 nitrogen and oxygen atoms in total. The molecule has 2 unspecified atom stereocenters. The summed E-state index contributed by atoms with van der Waals surface area (Å²) in [6.07, 6.45) is 0.825. The van der Waals surface area contributed by atoms with Crippen LogP contribution < -0.4 is 5.32 Å². The van der Waals surface area contributed by atoms with E-state index in [1.807, 2.05) is 0 Å². The topological polar surface area (TPSA) is 55.3 Å². The van der Waals surface area contributed by atoms with E-state index in [1.54, 1.807) is 19.2 Å². The number of methoxy groups -OCH3 is 1. The lowest BCUT2D eigenvalue weighted by atomic mass is 10.1. The van der Waals surface area contributed by atoms with Gasteiger partial charge in [0.25, 0.3) is 0 Å². The second-order valence-electron chi connectivity index (χ2n) is 6.59. The van der Waals surface area contributed by atoms with Crippen LogP contribution in [0.15, 0.2) is 29.3 Å². The van der Waals surface area contributed by atoms with Gasteiger partial charge in [-0.2, -0.15) is 0 Å². The third-order valence-corrected chi connectivity index (χ3v) is 4.28. The third kappa shape index (κ3) is 8.59. The number of halogens is 2. The smallest absolute Gasteiger partial charge is 0.194 e. The van der Waals surface area contributed by atoms with Crippen LogP contribution in [0.2, 0.25) is 0 Å². The molecule has 1 aromatic rings. The number of nitrogens with zero attached hydrogens (tertiary/aromatic N) is 2. The van der Waals surface area contributed by atoms with Gasteiger partial charge in [-0.15, -0.1) is 24.0 Å². The number of hydrogen-bond acceptors (Lipinski definition) is 4. The minimum absolute atomic E-state index is 0. The molecule has 0 radical (unpaired) electrons. The van der Waals surface area contributed by atoms with Gasteiger partial charge >= 0.3 is 0 Å². The normalized spacial score (nSPS) is 20.0. The van der Waals surface area contributed by atoms with Crippen molar-refractivity contribution in [1.29, 1.82) is 0 Å². The van der Waals surface area contributed by atoms with Crippen molar-refractivity contribution in [1.82, 2.24) is 10.2 Å². The van der Waals surface area contributed by atoms with E-state index in [4.69, 9.17) is 19.2 Å². The maximum Gasteiger partial charge on any atom is 0.194 e. The van der Waals surface area contributed by atoms with Gasteiger partial charge in [0.05, 0.1) is 25.9 Å². The molecule has 1 aromatic carbocycles. The summed E-state index contributed by atoms with van der Waals surface area (Å²) >= 11 is 0. The summed E-state index contributed by atoms with van der Waals surface area (Å²) in [5, 5.41) is 3.36. The van der Waals surface area contributed by atoms with Crippen molar-refractivity contribution in [2.75, 3.05) is 53.1 Å². The van der Waals surface area contributed by atoms with Gasteiger partial charge in [0.2, 0.25) is 0 Å². The van der Waals surface area contributed by atoms with Gasteiger partial charge in [0, 0.05) is 33.4 Å². The lowest BCUT2D eigenvalue weighted by molar-refractivity contribution is -0.0605. The number of hydrogen-bond donors (Lipinski definition) is 1. The zero-order valence-electron chi connectivity index (χ0n) is 17.0. The summed E-state index contributed by atoms with van der Waals surface area (Å²) in [5.41, 5.74) is 0.982. The first-order valence-corrected chi connectivity index (χ1v) is 9.65. The minimum atomic E-state index is -0.234. The number of guanidine groups is 1. The SMILES string of the molecule is CCNC(=NCCCOCCOC)N1CC(C)OC(c2ccc(F)cc2)C1.I. The van der Waals surface area contributed by atoms with Crippen molar-refractivity contribution in [3.63, 3.8) is 0 Å². The van der Waals surface area contributed by atoms with Gasteiger partial charge in [0.15, 0.2) is 5.96 Å². The lowest BCUT2D eigenvalue weighted by Crippen LogP contribution is -2.50. The van der Waals surface area contributed by atoms with Crippen LogP contribution in [-0.2, 0) is 14.2 Å². The molecule has 1 heterocycles. The Morgan fingerprint density at radius 1 is 1.25 bits per heavy atom. The molecule has 2 atom stereocenters. The van der Waals surface area contributed by atoms with Crippen LogP contribution >= 0.6 is 24.0 Å². The van der Waals surface area contributed by atoms with Crippen molar-refractivity contribution < 1.29 is 18.6 Å². The number of aliphatic imine (C=N–C) groups is 1. The average Bonchev–Trinajstić information content (AvgIpc) is 2.66. The molecule has 0 aromatic heterocycles. The molecular weight excluding hydrogens is 476 g/mol. The molecule has 8 heteroatoms. The van der Waals surface area contributed by atoms with E-state index >= 15 is 0 Å². The van der Waals surface area contributed by atoms with Gasteiger partial charge in [-0.25, -0.2) is 4.39 Å². The Balaban J connectivity index is 0.00000392. The number of benzene rings is 1. The minimum Gasteiger partial charge on any atom is -0.382 e. The molecule has 1 aliphatic heterocycles. The summed E-state index contributed by atoms with van der Waals surface area (Å²) in [5.74, 6) is 0.652. The third-order valence-electron chi connectivity index (χ3n) is 4.28. The predicted molar refractivity (Wildman–Crippen MR) is 120 cm³/mol. The number of rotatable bonds is 9. The molecule has 1 aliphatic rings. The molecule has 2 rings (SSSR count). The van der Waals surface area contributed by atoms with Crippen LogP contribution in [-0.4, -0.2) is 70.1 Å². The van der Waals surface area contributed by atoms with E-state index in [9.17, 15) is 4.39 Å². The fraction of sp³-hybridized carbons (Fsp3) is 0.650. The van der Waals surface area contributed by atoms with E-state index in [0.29, 0.717) is 32.9 Å². The first-order chi connectivity index (χ1) is 13.1. The van der Waals surface area contributed by atoms with Crippen LogP contribution in [0.3, 0.4) is 0 Å². The zero-order chi connectivity index (χ0) is 19.5. The number of morpholine rings is 1. The summed E-state index contributed by atoms with van der Waals surface area (Å²) < 4.78 is 29.7. The van der Waals surface area contributed by atoms with E-state index in [0.717, 1.165) is 31.0 Å². The van der Waals surface area contributed by atoms with Crippen LogP contribution in [0.4, 0.5) is 4.39 Å². The Kier molecular flexibility index (Phi) is 12.6. The fourth-order valence-corrected chi connectivity index (χ4v) is 3.01. The van der Waals surface area contributed by atoms with Crippen LogP contribution in [0.1, 0.15) is 31.9 Å². The average molecular weight is 509 g/mol. The largest absolute Gasteiger partial charge is 0.382 e. The van der Waals surface area contributed by atoms with E-state index in [2.05, 4.69) is 24.1 Å². The standard InChI is InChI=1S/C20H32FN3O3.HI/c1-4-22-20(23-10-5-11-26-13-12-25-3)24-14-16(2)27-19(15-24)17-6-8-18(21)9-7-17;/h6-9,16,19H,4-5,10-15H2,1-3H3,(H,22,23);1H. The van der Waals surface area contributed by atoms with Crippen molar-refractivity contribution >= 4 is 29.9 Å². The highest BCUT2D eigenvalue weighted by atomic mass is 127. The Labute approximate surface area is 184 Å². The molecular formula is C20H33FIN3O3. The van der Waals surface area contributed by atoms with E-state index in [1.165, 1.54) is 12.1 Å². The maximum absolute atomic E-state index is 13.2. The summed E-state index contributed by atoms with van der Waals surface area (Å²) in [7, 11) is 1.67. The second-order valence-corrected chi connectivity index (χ2v) is 6.59. The molecule has 28 heavy (non-hydrogen) atoms. The quantitative estimate of drug-likeness (QED) is 0.240. The molecule has 1 saturated heterocycles. The molecule has 160 valence electrons. The van der Waals surface area contributed by atoms with Crippen molar-refractivity contribution in [3.8, 4) is 0 Å². The molecule has 0 saturated carbocycles. The Morgan fingerprint density at radius 2 is 2.00 bits per heavy atom. The first-order valence-electron chi connectivity index (χ1n) is 9.65. The molecule has 1 fully saturated rings. The monoisotopic (exact) mass is 509 g/mol.